The number of nitrogens with zero attached hydrogens (tertiary/aromatic N) is 3. The van der Waals surface area contributed by atoms with E-state index < -0.39 is 15.9 Å². The molecule has 0 bridgehead atoms. The minimum absolute atomic E-state index is 0.316. The molecule has 2 aromatic carbocycles. The second-order valence-electron chi connectivity index (χ2n) is 6.48. The summed E-state index contributed by atoms with van der Waals surface area (Å²) in [4.78, 5) is 16.7. The number of benzene rings is 2. The number of hydrogen-bond donors (Lipinski definition) is 2. The third-order valence-corrected chi connectivity index (χ3v) is 5.17. The molecule has 0 unspecified atom stereocenters. The van der Waals surface area contributed by atoms with Gasteiger partial charge in [0.25, 0.3) is 0 Å². The van der Waals surface area contributed by atoms with Crippen LogP contribution in [0.15, 0.2) is 48.5 Å². The van der Waals surface area contributed by atoms with Crippen molar-refractivity contribution in [1.29, 1.82) is 0 Å². The molecule has 2 N–H and O–H groups in total. The molecule has 28 heavy (non-hydrogen) atoms. The summed E-state index contributed by atoms with van der Waals surface area (Å²) in [6.45, 7) is 3.40. The molecule has 9 heteroatoms. The molecule has 1 heterocycles. The number of rotatable bonds is 6. The van der Waals surface area contributed by atoms with Crippen LogP contribution in [-0.2, 0) is 14.8 Å². The molecule has 0 spiro atoms. The first-order valence-electron chi connectivity index (χ1n) is 8.56. The maximum Gasteiger partial charge on any atom is 0.245 e. The van der Waals surface area contributed by atoms with Crippen LogP contribution in [0.3, 0.4) is 0 Å². The lowest BCUT2D eigenvalue weighted by Gasteiger charge is -2.22. The number of aromatic nitrogens is 3. The number of carbonyl (C=O) groups excluding carboxylic acids is 1. The van der Waals surface area contributed by atoms with Crippen molar-refractivity contribution in [3.8, 4) is 11.4 Å². The van der Waals surface area contributed by atoms with Crippen molar-refractivity contribution >= 4 is 27.3 Å². The lowest BCUT2D eigenvalue weighted by molar-refractivity contribution is -0.114. The fraction of sp³-hybridized carbons (Fsp3) is 0.211. The van der Waals surface area contributed by atoms with Gasteiger partial charge in [-0.1, -0.05) is 17.7 Å². The van der Waals surface area contributed by atoms with Crippen LogP contribution in [0.1, 0.15) is 11.4 Å². The second kappa shape index (κ2) is 7.81. The van der Waals surface area contributed by atoms with Gasteiger partial charge in [-0.2, -0.15) is 5.10 Å². The Morgan fingerprint density at radius 2 is 1.71 bits per heavy atom. The highest BCUT2D eigenvalue weighted by atomic mass is 32.2. The predicted octanol–water partition coefficient (Wildman–Crippen LogP) is 2.49. The largest absolute Gasteiger partial charge is 0.325 e. The van der Waals surface area contributed by atoms with E-state index in [4.69, 9.17) is 0 Å². The monoisotopic (exact) mass is 399 g/mol. The molecule has 146 valence electrons. The topological polar surface area (TPSA) is 108 Å². The summed E-state index contributed by atoms with van der Waals surface area (Å²) in [5.41, 5.74) is 2.81. The fourth-order valence-corrected chi connectivity index (χ4v) is 3.47. The summed E-state index contributed by atoms with van der Waals surface area (Å²) >= 11 is 0. The molecule has 0 radical (unpaired) electrons. The van der Waals surface area contributed by atoms with Crippen molar-refractivity contribution in [3.05, 3.63) is 59.9 Å². The number of H-pyrrole nitrogens is 1. The minimum Gasteiger partial charge on any atom is -0.325 e. The van der Waals surface area contributed by atoms with Gasteiger partial charge in [0.2, 0.25) is 15.9 Å². The molecular weight excluding hydrogens is 378 g/mol. The standard InChI is InChI=1S/C19H21N5O3S/c1-13-4-10-17(11-5-13)24(28(3,26)27)12-18(25)21-16-8-6-15(7-9-16)19-20-14(2)22-23-19/h4-11H,12H2,1-3H3,(H,21,25)(H,20,22,23). The zero-order chi connectivity index (χ0) is 20.3. The van der Waals surface area contributed by atoms with Gasteiger partial charge in [0.05, 0.1) is 11.9 Å². The Morgan fingerprint density at radius 3 is 2.25 bits per heavy atom. The van der Waals surface area contributed by atoms with E-state index in [0.29, 0.717) is 23.0 Å². The average Bonchev–Trinajstić information content (AvgIpc) is 3.07. The maximum absolute atomic E-state index is 12.4. The maximum atomic E-state index is 12.4. The van der Waals surface area contributed by atoms with E-state index in [1.165, 1.54) is 0 Å². The number of amides is 1. The molecule has 0 aliphatic heterocycles. The summed E-state index contributed by atoms with van der Waals surface area (Å²) in [6.07, 6.45) is 1.08. The molecule has 0 saturated carbocycles. The normalized spacial score (nSPS) is 11.2. The average molecular weight is 399 g/mol. The van der Waals surface area contributed by atoms with Crippen molar-refractivity contribution in [2.75, 3.05) is 22.4 Å². The third kappa shape index (κ3) is 4.74. The van der Waals surface area contributed by atoms with Crippen LogP contribution in [-0.4, -0.2) is 42.3 Å². The van der Waals surface area contributed by atoms with Gasteiger partial charge >= 0.3 is 0 Å². The predicted molar refractivity (Wildman–Crippen MR) is 109 cm³/mol. The van der Waals surface area contributed by atoms with Crippen molar-refractivity contribution in [2.45, 2.75) is 13.8 Å². The quantitative estimate of drug-likeness (QED) is 0.662. The highest BCUT2D eigenvalue weighted by Crippen LogP contribution is 2.20. The van der Waals surface area contributed by atoms with Gasteiger partial charge in [0.15, 0.2) is 5.82 Å². The lowest BCUT2D eigenvalue weighted by atomic mass is 10.2. The van der Waals surface area contributed by atoms with E-state index in [9.17, 15) is 13.2 Å². The Hall–Kier alpha value is -3.20. The van der Waals surface area contributed by atoms with Gasteiger partial charge in [-0.05, 0) is 50.2 Å². The molecule has 1 aromatic heterocycles. The van der Waals surface area contributed by atoms with Crippen LogP contribution in [0, 0.1) is 13.8 Å². The van der Waals surface area contributed by atoms with Gasteiger partial charge in [-0.15, -0.1) is 0 Å². The smallest absolute Gasteiger partial charge is 0.245 e. The van der Waals surface area contributed by atoms with E-state index >= 15 is 0 Å². The third-order valence-electron chi connectivity index (χ3n) is 4.03. The summed E-state index contributed by atoms with van der Waals surface area (Å²) in [5, 5.41) is 9.58. The van der Waals surface area contributed by atoms with Gasteiger partial charge in [0.1, 0.15) is 12.4 Å². The van der Waals surface area contributed by atoms with Crippen LogP contribution >= 0.6 is 0 Å². The van der Waals surface area contributed by atoms with E-state index in [-0.39, 0.29) is 6.54 Å². The molecule has 1 amide bonds. The molecule has 0 atom stereocenters. The zero-order valence-corrected chi connectivity index (χ0v) is 16.6. The van der Waals surface area contributed by atoms with Crippen molar-refractivity contribution in [1.82, 2.24) is 15.2 Å². The Balaban J connectivity index is 1.71. The van der Waals surface area contributed by atoms with Crippen LogP contribution in [0.25, 0.3) is 11.4 Å². The lowest BCUT2D eigenvalue weighted by Crippen LogP contribution is -2.37. The van der Waals surface area contributed by atoms with E-state index in [0.717, 1.165) is 21.7 Å². The Morgan fingerprint density at radius 1 is 1.07 bits per heavy atom. The molecule has 0 fully saturated rings. The van der Waals surface area contributed by atoms with Crippen LogP contribution in [0.5, 0.6) is 0 Å². The number of aromatic amines is 1. The highest BCUT2D eigenvalue weighted by molar-refractivity contribution is 7.92. The Labute approximate surface area is 163 Å². The van der Waals surface area contributed by atoms with Crippen LogP contribution in [0.2, 0.25) is 0 Å². The van der Waals surface area contributed by atoms with Crippen molar-refractivity contribution in [2.24, 2.45) is 0 Å². The minimum atomic E-state index is -3.61. The highest BCUT2D eigenvalue weighted by Gasteiger charge is 2.20. The summed E-state index contributed by atoms with van der Waals surface area (Å²) < 4.78 is 25.4. The Bertz CT molecular complexity index is 1070. The molecule has 8 nitrogen and oxygen atoms in total. The first-order valence-corrected chi connectivity index (χ1v) is 10.4. The van der Waals surface area contributed by atoms with Gasteiger partial charge in [-0.25, -0.2) is 13.4 Å². The Kier molecular flexibility index (Phi) is 5.46. The summed E-state index contributed by atoms with van der Waals surface area (Å²) in [6, 6.07) is 14.0. The number of anilines is 2. The molecule has 3 rings (SSSR count). The number of carbonyl (C=O) groups is 1. The van der Waals surface area contributed by atoms with Gasteiger partial charge in [0, 0.05) is 11.3 Å². The van der Waals surface area contributed by atoms with E-state index in [1.807, 2.05) is 13.8 Å². The zero-order valence-electron chi connectivity index (χ0n) is 15.8. The van der Waals surface area contributed by atoms with Gasteiger partial charge < -0.3 is 5.32 Å². The first kappa shape index (κ1) is 19.6. The molecule has 0 saturated heterocycles. The number of sulfonamides is 1. The van der Waals surface area contributed by atoms with Gasteiger partial charge in [-0.3, -0.25) is 14.2 Å². The first-order chi connectivity index (χ1) is 13.2. The summed E-state index contributed by atoms with van der Waals surface area (Å²) in [7, 11) is -3.61. The van der Waals surface area contributed by atoms with Crippen LogP contribution in [0.4, 0.5) is 11.4 Å². The number of nitrogens with one attached hydrogen (secondary N) is 2. The van der Waals surface area contributed by atoms with E-state index in [2.05, 4.69) is 20.5 Å². The molecular formula is C19H21N5O3S. The molecule has 3 aromatic rings. The van der Waals surface area contributed by atoms with E-state index in [1.54, 1.807) is 48.5 Å². The number of hydrogen-bond acceptors (Lipinski definition) is 5. The van der Waals surface area contributed by atoms with Crippen LogP contribution < -0.4 is 9.62 Å². The SMILES string of the molecule is Cc1ccc(N(CC(=O)Nc2ccc(-c3n[nH]c(C)n3)cc2)S(C)(=O)=O)cc1. The fourth-order valence-electron chi connectivity index (χ4n) is 2.62. The molecule has 0 aliphatic carbocycles. The summed E-state index contributed by atoms with van der Waals surface area (Å²) in [5.74, 6) is 0.842. The van der Waals surface area contributed by atoms with Crippen molar-refractivity contribution < 1.29 is 13.2 Å². The number of aryl methyl sites for hydroxylation is 2. The second-order valence-corrected chi connectivity index (χ2v) is 8.38. The van der Waals surface area contributed by atoms with Crippen molar-refractivity contribution in [3.63, 3.8) is 0 Å². The molecule has 0 aliphatic rings.